The van der Waals surface area contributed by atoms with E-state index < -0.39 is 17.9 Å². The summed E-state index contributed by atoms with van der Waals surface area (Å²) in [6, 6.07) is 0.120. The van der Waals surface area contributed by atoms with Crippen molar-refractivity contribution in [2.75, 3.05) is 13.2 Å². The van der Waals surface area contributed by atoms with Gasteiger partial charge in [-0.05, 0) is 33.6 Å². The van der Waals surface area contributed by atoms with Gasteiger partial charge in [0.2, 0.25) is 5.91 Å². The van der Waals surface area contributed by atoms with Crippen LogP contribution in [0.15, 0.2) is 0 Å². The molecule has 5 unspecified atom stereocenters. The zero-order valence-electron chi connectivity index (χ0n) is 12.3. The fraction of sp³-hybridized carbons (Fsp3) is 0.857. The number of carbonyl (C=O) groups excluding carboxylic acids is 1. The number of carboxylic acids is 1. The van der Waals surface area contributed by atoms with Gasteiger partial charge in [0.25, 0.3) is 0 Å². The Kier molecular flexibility index (Phi) is 4.65. The first-order valence-corrected chi connectivity index (χ1v) is 7.30. The first kappa shape index (κ1) is 15.3. The van der Waals surface area contributed by atoms with Crippen LogP contribution in [0.1, 0.15) is 33.6 Å². The van der Waals surface area contributed by atoms with Crippen LogP contribution in [0.4, 0.5) is 0 Å². The first-order chi connectivity index (χ1) is 9.41. The van der Waals surface area contributed by atoms with Crippen LogP contribution in [0.25, 0.3) is 0 Å². The zero-order chi connectivity index (χ0) is 14.9. The van der Waals surface area contributed by atoms with E-state index in [1.807, 2.05) is 6.92 Å². The molecular formula is C14H24N2O4. The van der Waals surface area contributed by atoms with E-state index in [0.29, 0.717) is 12.1 Å². The Morgan fingerprint density at radius 2 is 1.85 bits per heavy atom. The molecule has 2 N–H and O–H groups in total. The normalized spacial score (nSPS) is 36.0. The molecule has 2 fully saturated rings. The maximum atomic E-state index is 12.3. The maximum absolute atomic E-state index is 12.3. The third-order valence-corrected chi connectivity index (χ3v) is 4.57. The number of likely N-dealkylation sites (tertiary alicyclic amines) is 1. The maximum Gasteiger partial charge on any atom is 0.311 e. The highest BCUT2D eigenvalue weighted by Gasteiger charge is 2.38. The molecule has 2 rings (SSSR count). The molecule has 0 aromatic carbocycles. The average Bonchev–Trinajstić information content (AvgIpc) is 2.96. The number of nitrogens with zero attached hydrogens (tertiary/aromatic N) is 1. The van der Waals surface area contributed by atoms with E-state index in [1.165, 1.54) is 0 Å². The second kappa shape index (κ2) is 6.10. The van der Waals surface area contributed by atoms with Crippen molar-refractivity contribution < 1.29 is 19.4 Å². The molecule has 1 amide bonds. The largest absolute Gasteiger partial charge is 0.481 e. The van der Waals surface area contributed by atoms with Crippen molar-refractivity contribution in [1.29, 1.82) is 0 Å². The highest BCUT2D eigenvalue weighted by atomic mass is 16.5. The fourth-order valence-corrected chi connectivity index (χ4v) is 3.36. The Morgan fingerprint density at radius 3 is 2.40 bits per heavy atom. The third-order valence-electron chi connectivity index (χ3n) is 4.57. The summed E-state index contributed by atoms with van der Waals surface area (Å²) in [5.41, 5.74) is 0. The van der Waals surface area contributed by atoms with Crippen molar-refractivity contribution in [3.05, 3.63) is 0 Å². The van der Waals surface area contributed by atoms with E-state index in [0.717, 1.165) is 12.8 Å². The lowest BCUT2D eigenvalue weighted by atomic mass is 10.0. The standard InChI is InChI=1S/C14H24N2O4/c1-8-4-5-9(2)16(8)10(3)13(17)15-12-7-20-6-11(12)14(18)19/h8-12H,4-7H2,1-3H3,(H,15,17)(H,18,19). The SMILES string of the molecule is CC1CCC(C)N1C(C)C(=O)NC1COCC1C(=O)O. The molecule has 2 aliphatic rings. The molecule has 0 aromatic heterocycles. The number of rotatable bonds is 4. The first-order valence-electron chi connectivity index (χ1n) is 7.30. The van der Waals surface area contributed by atoms with Gasteiger partial charge in [0, 0.05) is 12.1 Å². The van der Waals surface area contributed by atoms with Crippen LogP contribution in [0.5, 0.6) is 0 Å². The second-order valence-electron chi connectivity index (χ2n) is 6.00. The predicted molar refractivity (Wildman–Crippen MR) is 73.3 cm³/mol. The summed E-state index contributed by atoms with van der Waals surface area (Å²) < 4.78 is 5.17. The van der Waals surface area contributed by atoms with Gasteiger partial charge in [-0.25, -0.2) is 0 Å². The fourth-order valence-electron chi connectivity index (χ4n) is 3.36. The summed E-state index contributed by atoms with van der Waals surface area (Å²) in [5, 5.41) is 11.9. The molecular weight excluding hydrogens is 260 g/mol. The molecule has 6 heteroatoms. The molecule has 2 saturated heterocycles. The Balaban J connectivity index is 1.96. The number of aliphatic carboxylic acids is 1. The number of amides is 1. The molecule has 2 aliphatic heterocycles. The molecule has 0 bridgehead atoms. The molecule has 5 atom stereocenters. The van der Waals surface area contributed by atoms with Crippen molar-refractivity contribution in [2.45, 2.75) is 57.8 Å². The van der Waals surface area contributed by atoms with Crippen molar-refractivity contribution in [2.24, 2.45) is 5.92 Å². The molecule has 0 radical (unpaired) electrons. The Hall–Kier alpha value is -1.14. The topological polar surface area (TPSA) is 78.9 Å². The van der Waals surface area contributed by atoms with E-state index in [-0.39, 0.29) is 25.2 Å². The molecule has 6 nitrogen and oxygen atoms in total. The van der Waals surface area contributed by atoms with Crippen LogP contribution in [-0.2, 0) is 14.3 Å². The van der Waals surface area contributed by atoms with Crippen molar-refractivity contribution in [3.63, 3.8) is 0 Å². The number of hydrogen-bond acceptors (Lipinski definition) is 4. The minimum absolute atomic E-state index is 0.104. The van der Waals surface area contributed by atoms with Crippen LogP contribution >= 0.6 is 0 Å². The summed E-state index contributed by atoms with van der Waals surface area (Å²) in [4.78, 5) is 25.6. The minimum Gasteiger partial charge on any atom is -0.481 e. The van der Waals surface area contributed by atoms with Gasteiger partial charge < -0.3 is 15.2 Å². The Bertz CT molecular complexity index is 377. The summed E-state index contributed by atoms with van der Waals surface area (Å²) in [5.74, 6) is -1.66. The average molecular weight is 284 g/mol. The Labute approximate surface area is 119 Å². The third kappa shape index (κ3) is 2.96. The van der Waals surface area contributed by atoms with E-state index >= 15 is 0 Å². The summed E-state index contributed by atoms with van der Waals surface area (Å²) in [6.45, 7) is 6.60. The number of hydrogen-bond donors (Lipinski definition) is 2. The van der Waals surface area contributed by atoms with Crippen molar-refractivity contribution >= 4 is 11.9 Å². The van der Waals surface area contributed by atoms with Gasteiger partial charge in [0.1, 0.15) is 5.92 Å². The van der Waals surface area contributed by atoms with E-state index in [2.05, 4.69) is 24.1 Å². The van der Waals surface area contributed by atoms with Gasteiger partial charge in [0.05, 0.1) is 25.3 Å². The molecule has 114 valence electrons. The molecule has 0 spiro atoms. The highest BCUT2D eigenvalue weighted by molar-refractivity contribution is 5.83. The summed E-state index contributed by atoms with van der Waals surface area (Å²) >= 11 is 0. The van der Waals surface area contributed by atoms with Gasteiger partial charge in [-0.1, -0.05) is 0 Å². The lowest BCUT2D eigenvalue weighted by molar-refractivity contribution is -0.142. The quantitative estimate of drug-likeness (QED) is 0.784. The van der Waals surface area contributed by atoms with E-state index in [4.69, 9.17) is 9.84 Å². The number of nitrogens with one attached hydrogen (secondary N) is 1. The van der Waals surface area contributed by atoms with Crippen LogP contribution in [0.3, 0.4) is 0 Å². The highest BCUT2D eigenvalue weighted by Crippen LogP contribution is 2.26. The van der Waals surface area contributed by atoms with Gasteiger partial charge in [-0.2, -0.15) is 0 Å². The molecule has 2 heterocycles. The number of carbonyl (C=O) groups is 2. The monoisotopic (exact) mass is 284 g/mol. The van der Waals surface area contributed by atoms with Crippen LogP contribution in [0, 0.1) is 5.92 Å². The summed E-state index contributed by atoms with van der Waals surface area (Å²) in [6.07, 6.45) is 2.20. The van der Waals surface area contributed by atoms with E-state index in [1.54, 1.807) is 0 Å². The van der Waals surface area contributed by atoms with Gasteiger partial charge >= 0.3 is 5.97 Å². The minimum atomic E-state index is -0.914. The molecule has 20 heavy (non-hydrogen) atoms. The smallest absolute Gasteiger partial charge is 0.311 e. The van der Waals surface area contributed by atoms with Crippen LogP contribution < -0.4 is 5.32 Å². The predicted octanol–water partition coefficient (Wildman–Crippen LogP) is 0.464. The summed E-state index contributed by atoms with van der Waals surface area (Å²) in [7, 11) is 0. The molecule has 0 saturated carbocycles. The van der Waals surface area contributed by atoms with Crippen molar-refractivity contribution in [3.8, 4) is 0 Å². The van der Waals surface area contributed by atoms with Gasteiger partial charge in [-0.3, -0.25) is 14.5 Å². The van der Waals surface area contributed by atoms with Gasteiger partial charge in [-0.15, -0.1) is 0 Å². The number of ether oxygens (including phenoxy) is 1. The van der Waals surface area contributed by atoms with Crippen LogP contribution in [0.2, 0.25) is 0 Å². The molecule has 0 aliphatic carbocycles. The van der Waals surface area contributed by atoms with Gasteiger partial charge in [0.15, 0.2) is 0 Å². The lowest BCUT2D eigenvalue weighted by Crippen LogP contribution is -2.53. The zero-order valence-corrected chi connectivity index (χ0v) is 12.3. The lowest BCUT2D eigenvalue weighted by Gasteiger charge is -2.32. The Morgan fingerprint density at radius 1 is 1.25 bits per heavy atom. The van der Waals surface area contributed by atoms with Crippen LogP contribution in [-0.4, -0.2) is 59.3 Å². The molecule has 0 aromatic rings. The second-order valence-corrected chi connectivity index (χ2v) is 6.00. The van der Waals surface area contributed by atoms with E-state index in [9.17, 15) is 9.59 Å². The van der Waals surface area contributed by atoms with Crippen molar-refractivity contribution in [1.82, 2.24) is 10.2 Å². The number of carboxylic acid groups (broad SMARTS) is 1.